The van der Waals surface area contributed by atoms with E-state index < -0.39 is 12.1 Å². The Morgan fingerprint density at radius 3 is 2.00 bits per heavy atom. The number of hydrogen-bond acceptors (Lipinski definition) is 3. The Bertz CT molecular complexity index is 209. The van der Waals surface area contributed by atoms with Gasteiger partial charge in [0.1, 0.15) is 0 Å². The van der Waals surface area contributed by atoms with Crippen LogP contribution in [0.5, 0.6) is 0 Å². The van der Waals surface area contributed by atoms with E-state index in [1.54, 1.807) is 23.0 Å². The molecule has 1 heterocycles. The first kappa shape index (κ1) is 14.7. The third-order valence-corrected chi connectivity index (χ3v) is 1.11. The Kier molecular flexibility index (Phi) is 7.54. The smallest absolute Gasteiger partial charge is 0.475 e. The molecule has 0 bridgehead atoms. The number of thiazole rings is 1. The lowest BCUT2D eigenvalue weighted by Gasteiger charge is -1.93. The molecule has 0 amide bonds. The van der Waals surface area contributed by atoms with Crippen LogP contribution in [-0.4, -0.2) is 22.2 Å². The van der Waals surface area contributed by atoms with Crippen LogP contribution in [-0.2, 0) is 4.79 Å². The Morgan fingerprint density at radius 2 is 1.92 bits per heavy atom. The van der Waals surface area contributed by atoms with E-state index in [0.717, 1.165) is 0 Å². The number of rotatable bonds is 0. The molecular formula is C5H5ClF3NO2S. The number of carbonyl (C=O) groups is 1. The molecule has 1 N–H and O–H groups in total. The molecule has 0 unspecified atom stereocenters. The second-order valence-corrected chi connectivity index (χ2v) is 2.23. The third kappa shape index (κ3) is 9.09. The average molecular weight is 236 g/mol. The summed E-state index contributed by atoms with van der Waals surface area (Å²) >= 11 is 1.60. The first-order valence-corrected chi connectivity index (χ1v) is 3.51. The van der Waals surface area contributed by atoms with Gasteiger partial charge < -0.3 is 5.11 Å². The summed E-state index contributed by atoms with van der Waals surface area (Å²) in [6.45, 7) is 0. The van der Waals surface area contributed by atoms with Crippen molar-refractivity contribution in [3.05, 3.63) is 17.1 Å². The van der Waals surface area contributed by atoms with Gasteiger partial charge in [0.25, 0.3) is 0 Å². The lowest BCUT2D eigenvalue weighted by molar-refractivity contribution is -0.192. The number of nitrogens with zero attached hydrogens (tertiary/aromatic N) is 1. The van der Waals surface area contributed by atoms with Crippen LogP contribution in [0.2, 0.25) is 0 Å². The van der Waals surface area contributed by atoms with Crippen LogP contribution in [0.25, 0.3) is 0 Å². The fraction of sp³-hybridized carbons (Fsp3) is 0.200. The molecule has 0 aromatic carbocycles. The summed E-state index contributed by atoms with van der Waals surface area (Å²) in [7, 11) is 0. The minimum atomic E-state index is -5.08. The van der Waals surface area contributed by atoms with Gasteiger partial charge >= 0.3 is 12.1 Å². The standard InChI is InChI=1S/C3H3NS.C2HF3O2.ClH/c1-2-5-3-4-1;3-2(4,5)1(6)7;/h1-3H;(H,6,7);1H. The van der Waals surface area contributed by atoms with Crippen LogP contribution in [0.4, 0.5) is 13.2 Å². The van der Waals surface area contributed by atoms with Crippen molar-refractivity contribution in [3.8, 4) is 0 Å². The highest BCUT2D eigenvalue weighted by atomic mass is 35.5. The molecule has 0 aliphatic rings. The van der Waals surface area contributed by atoms with Gasteiger partial charge in [-0.2, -0.15) is 13.2 Å². The molecular weight excluding hydrogens is 231 g/mol. The van der Waals surface area contributed by atoms with Crippen molar-refractivity contribution in [2.24, 2.45) is 0 Å². The Balaban J connectivity index is 0. The van der Waals surface area contributed by atoms with Crippen molar-refractivity contribution in [1.82, 2.24) is 4.98 Å². The third-order valence-electron chi connectivity index (χ3n) is 0.590. The number of carboxylic acids is 1. The minimum absolute atomic E-state index is 0. The van der Waals surface area contributed by atoms with Crippen molar-refractivity contribution in [3.63, 3.8) is 0 Å². The summed E-state index contributed by atoms with van der Waals surface area (Å²) in [5.41, 5.74) is 1.79. The molecule has 0 aliphatic heterocycles. The van der Waals surface area contributed by atoms with Crippen LogP contribution in [0, 0.1) is 0 Å². The first-order chi connectivity index (χ1) is 5.44. The number of aromatic nitrogens is 1. The maximum atomic E-state index is 10.6. The van der Waals surface area contributed by atoms with E-state index in [9.17, 15) is 13.2 Å². The van der Waals surface area contributed by atoms with E-state index >= 15 is 0 Å². The predicted octanol–water partition coefficient (Wildman–Crippen LogP) is 2.20. The highest BCUT2D eigenvalue weighted by molar-refractivity contribution is 7.07. The summed E-state index contributed by atoms with van der Waals surface area (Å²) in [5, 5.41) is 9.06. The fourth-order valence-electron chi connectivity index (χ4n) is 0.176. The van der Waals surface area contributed by atoms with Crippen LogP contribution >= 0.6 is 23.7 Å². The monoisotopic (exact) mass is 235 g/mol. The first-order valence-electron chi connectivity index (χ1n) is 2.57. The Morgan fingerprint density at radius 1 is 1.46 bits per heavy atom. The molecule has 0 aliphatic carbocycles. The SMILES string of the molecule is Cl.O=C(O)C(F)(F)F.c1cscn1. The van der Waals surface area contributed by atoms with Crippen LogP contribution in [0.3, 0.4) is 0 Å². The van der Waals surface area contributed by atoms with Crippen molar-refractivity contribution in [2.45, 2.75) is 6.18 Å². The normalized spacial score (nSPS) is 9.15. The van der Waals surface area contributed by atoms with E-state index in [1.807, 2.05) is 5.38 Å². The topological polar surface area (TPSA) is 50.2 Å². The largest absolute Gasteiger partial charge is 0.490 e. The van der Waals surface area contributed by atoms with Crippen LogP contribution in [0.1, 0.15) is 0 Å². The number of carboxylic acid groups (broad SMARTS) is 1. The van der Waals surface area contributed by atoms with Crippen molar-refractivity contribution in [1.29, 1.82) is 0 Å². The van der Waals surface area contributed by atoms with Gasteiger partial charge in [0.15, 0.2) is 0 Å². The highest BCUT2D eigenvalue weighted by Crippen LogP contribution is 2.13. The Labute approximate surface area is 81.6 Å². The summed E-state index contributed by atoms with van der Waals surface area (Å²) in [6.07, 6.45) is -3.31. The molecule has 3 nitrogen and oxygen atoms in total. The van der Waals surface area contributed by atoms with Crippen molar-refractivity contribution < 1.29 is 23.1 Å². The maximum Gasteiger partial charge on any atom is 0.490 e. The van der Waals surface area contributed by atoms with E-state index in [1.165, 1.54) is 0 Å². The second-order valence-electron chi connectivity index (χ2n) is 1.48. The average Bonchev–Trinajstić information content (AvgIpc) is 2.39. The molecule has 0 spiro atoms. The zero-order valence-corrected chi connectivity index (χ0v) is 7.62. The molecule has 1 aromatic rings. The summed E-state index contributed by atoms with van der Waals surface area (Å²) in [4.78, 5) is 12.6. The molecule has 0 atom stereocenters. The molecule has 1 rings (SSSR count). The molecule has 8 heteroatoms. The fourth-order valence-corrected chi connectivity index (χ4v) is 0.527. The molecule has 0 radical (unpaired) electrons. The summed E-state index contributed by atoms with van der Waals surface area (Å²) in [6, 6.07) is 0. The lowest BCUT2D eigenvalue weighted by atomic mass is 10.7. The highest BCUT2D eigenvalue weighted by Gasteiger charge is 2.38. The molecule has 0 fully saturated rings. The number of hydrogen-bond donors (Lipinski definition) is 1. The summed E-state index contributed by atoms with van der Waals surface area (Å²) < 4.78 is 31.7. The van der Waals surface area contributed by atoms with E-state index in [2.05, 4.69) is 4.98 Å². The van der Waals surface area contributed by atoms with Crippen molar-refractivity contribution in [2.75, 3.05) is 0 Å². The summed E-state index contributed by atoms with van der Waals surface area (Å²) in [5.74, 6) is -2.76. The van der Waals surface area contributed by atoms with E-state index in [-0.39, 0.29) is 12.4 Å². The van der Waals surface area contributed by atoms with Gasteiger partial charge in [-0.1, -0.05) is 0 Å². The van der Waals surface area contributed by atoms with Gasteiger partial charge in [-0.25, -0.2) is 4.79 Å². The van der Waals surface area contributed by atoms with E-state index in [4.69, 9.17) is 9.90 Å². The number of alkyl halides is 3. The van der Waals surface area contributed by atoms with Gasteiger partial charge in [-0.15, -0.1) is 23.7 Å². The predicted molar refractivity (Wildman–Crippen MR) is 43.1 cm³/mol. The van der Waals surface area contributed by atoms with Gasteiger partial charge in [0, 0.05) is 11.6 Å². The molecule has 13 heavy (non-hydrogen) atoms. The maximum absolute atomic E-state index is 10.6. The van der Waals surface area contributed by atoms with Gasteiger partial charge in [-0.05, 0) is 0 Å². The van der Waals surface area contributed by atoms with Gasteiger partial charge in [0.2, 0.25) is 0 Å². The van der Waals surface area contributed by atoms with Crippen molar-refractivity contribution >= 4 is 29.7 Å². The lowest BCUT2D eigenvalue weighted by Crippen LogP contribution is -2.21. The molecule has 76 valence electrons. The molecule has 0 saturated carbocycles. The Hall–Kier alpha value is -0.820. The zero-order chi connectivity index (χ0) is 9.61. The molecule has 0 saturated heterocycles. The van der Waals surface area contributed by atoms with Gasteiger partial charge in [-0.3, -0.25) is 4.98 Å². The van der Waals surface area contributed by atoms with E-state index in [0.29, 0.717) is 0 Å². The quantitative estimate of drug-likeness (QED) is 0.750. The minimum Gasteiger partial charge on any atom is -0.475 e. The number of aliphatic carboxylic acids is 1. The van der Waals surface area contributed by atoms with Crippen LogP contribution < -0.4 is 0 Å². The van der Waals surface area contributed by atoms with Crippen LogP contribution in [0.15, 0.2) is 17.1 Å². The van der Waals surface area contributed by atoms with Gasteiger partial charge in [0.05, 0.1) is 5.51 Å². The zero-order valence-electron chi connectivity index (χ0n) is 5.99. The second kappa shape index (κ2) is 6.67. The molecule has 1 aromatic heterocycles. The number of halogens is 4.